The minimum Gasteiger partial charge on any atom is -0.489 e. The number of esters is 3. The lowest BCUT2D eigenvalue weighted by Crippen LogP contribution is -2.52. The Balaban J connectivity index is 1.46. The van der Waals surface area contributed by atoms with Crippen molar-refractivity contribution in [2.75, 3.05) is 6.61 Å². The normalized spacial score (nSPS) is 20.3. The molecule has 2 heterocycles. The highest BCUT2D eigenvalue weighted by Gasteiger charge is 2.44. The number of rotatable bonds is 10. The number of hydrogen-bond acceptors (Lipinski definition) is 9. The molecule has 10 heteroatoms. The molecule has 1 fully saturated rings. The number of aromatic nitrogens is 1. The van der Waals surface area contributed by atoms with Crippen LogP contribution in [0.2, 0.25) is 0 Å². The lowest BCUT2D eigenvalue weighted by atomic mass is 9.98. The molecule has 10 nitrogen and oxygen atoms in total. The van der Waals surface area contributed by atoms with Gasteiger partial charge in [0, 0.05) is 44.3 Å². The van der Waals surface area contributed by atoms with Crippen LogP contribution in [0.1, 0.15) is 61.8 Å². The Labute approximate surface area is 261 Å². The van der Waals surface area contributed by atoms with E-state index in [9.17, 15) is 19.5 Å². The lowest BCUT2D eigenvalue weighted by molar-refractivity contribution is -0.226. The Morgan fingerprint density at radius 2 is 1.62 bits per heavy atom. The van der Waals surface area contributed by atoms with E-state index in [-0.39, 0.29) is 13.0 Å². The number of aryl methyl sites for hydroxylation is 1. The topological polar surface area (TPSA) is 123 Å². The molecule has 5 unspecified atom stereocenters. The molecule has 1 aliphatic heterocycles. The summed E-state index contributed by atoms with van der Waals surface area (Å²) in [5, 5.41) is 12.5. The van der Waals surface area contributed by atoms with Crippen molar-refractivity contribution in [3.8, 4) is 5.75 Å². The summed E-state index contributed by atoms with van der Waals surface area (Å²) in [5.41, 5.74) is 4.13. The molecule has 5 rings (SSSR count). The molecule has 0 saturated carbocycles. The standard InChI is InChI=1S/C35H37NO9/c1-21-9-8-12-29-33(21)28(34(40)26-13-15-27(16-14-26)42-19-25-10-6-5-7-11-25)18-36(29)32-17-30(43-23(3)38)35(44-24(4)39)31(45-32)20-41-22(2)37/h5-16,18,30-32,34-35,40H,17,19-20H2,1-4H3. The van der Waals surface area contributed by atoms with Crippen LogP contribution in [0, 0.1) is 6.92 Å². The molecule has 1 aliphatic rings. The highest BCUT2D eigenvalue weighted by atomic mass is 16.6. The highest BCUT2D eigenvalue weighted by Crippen LogP contribution is 2.39. The maximum absolute atomic E-state index is 12.1. The van der Waals surface area contributed by atoms with Crippen LogP contribution in [0.25, 0.3) is 10.9 Å². The van der Waals surface area contributed by atoms with E-state index < -0.39 is 48.6 Å². The van der Waals surface area contributed by atoms with E-state index in [1.807, 2.05) is 90.5 Å². The van der Waals surface area contributed by atoms with Crippen molar-refractivity contribution in [2.45, 2.75) is 71.4 Å². The Morgan fingerprint density at radius 1 is 0.911 bits per heavy atom. The zero-order chi connectivity index (χ0) is 32.1. The number of benzene rings is 3. The molecule has 3 aromatic carbocycles. The van der Waals surface area contributed by atoms with Crippen LogP contribution in [0.5, 0.6) is 5.75 Å². The van der Waals surface area contributed by atoms with Crippen molar-refractivity contribution in [3.05, 3.63) is 101 Å². The fraction of sp³-hybridized carbons (Fsp3) is 0.343. The van der Waals surface area contributed by atoms with Gasteiger partial charge in [-0.25, -0.2) is 0 Å². The van der Waals surface area contributed by atoms with Crippen molar-refractivity contribution < 1.29 is 43.2 Å². The summed E-state index contributed by atoms with van der Waals surface area (Å²) in [6.07, 6.45) is -2.48. The van der Waals surface area contributed by atoms with Gasteiger partial charge in [-0.2, -0.15) is 0 Å². The second-order valence-electron chi connectivity index (χ2n) is 11.1. The predicted molar refractivity (Wildman–Crippen MR) is 164 cm³/mol. The fourth-order valence-electron chi connectivity index (χ4n) is 5.73. The molecule has 1 aromatic heterocycles. The molecule has 1 saturated heterocycles. The smallest absolute Gasteiger partial charge is 0.303 e. The second-order valence-corrected chi connectivity index (χ2v) is 11.1. The Kier molecular flexibility index (Phi) is 9.85. The predicted octanol–water partition coefficient (Wildman–Crippen LogP) is 5.32. The van der Waals surface area contributed by atoms with Crippen LogP contribution in [-0.2, 0) is 39.9 Å². The number of nitrogens with zero attached hydrogens (tertiary/aromatic N) is 1. The average Bonchev–Trinajstić information content (AvgIpc) is 3.41. The zero-order valence-corrected chi connectivity index (χ0v) is 25.7. The summed E-state index contributed by atoms with van der Waals surface area (Å²) in [4.78, 5) is 35.7. The van der Waals surface area contributed by atoms with Crippen LogP contribution in [0.15, 0.2) is 79.0 Å². The molecule has 0 aliphatic carbocycles. The summed E-state index contributed by atoms with van der Waals surface area (Å²) in [5.74, 6) is -0.988. The molecule has 45 heavy (non-hydrogen) atoms. The van der Waals surface area contributed by atoms with Gasteiger partial charge in [-0.1, -0.05) is 54.6 Å². The second kappa shape index (κ2) is 14.0. The van der Waals surface area contributed by atoms with E-state index in [2.05, 4.69) is 0 Å². The summed E-state index contributed by atoms with van der Waals surface area (Å²) < 4.78 is 30.5. The van der Waals surface area contributed by atoms with E-state index >= 15 is 0 Å². The minimum atomic E-state index is -0.988. The monoisotopic (exact) mass is 615 g/mol. The van der Waals surface area contributed by atoms with Crippen molar-refractivity contribution in [1.29, 1.82) is 0 Å². The molecule has 0 amide bonds. The van der Waals surface area contributed by atoms with Gasteiger partial charge in [-0.05, 0) is 41.8 Å². The SMILES string of the molecule is CC(=O)OCC1OC(n2cc(C(O)c3ccc(OCc4ccccc4)cc3)c3c(C)cccc32)CC(OC(C)=O)C1OC(C)=O. The number of aliphatic hydroxyl groups is 1. The largest absolute Gasteiger partial charge is 0.489 e. The molecule has 4 aromatic rings. The zero-order valence-electron chi connectivity index (χ0n) is 25.7. The van der Waals surface area contributed by atoms with Gasteiger partial charge in [0.1, 0.15) is 43.5 Å². The minimum absolute atomic E-state index is 0.148. The summed E-state index contributed by atoms with van der Waals surface area (Å²) in [6.45, 7) is 5.97. The molecule has 5 atom stereocenters. The van der Waals surface area contributed by atoms with Crippen LogP contribution in [0.3, 0.4) is 0 Å². The first-order chi connectivity index (χ1) is 21.6. The molecule has 0 bridgehead atoms. The van der Waals surface area contributed by atoms with Gasteiger partial charge in [0.2, 0.25) is 0 Å². The van der Waals surface area contributed by atoms with Crippen LogP contribution >= 0.6 is 0 Å². The number of ether oxygens (including phenoxy) is 5. The number of fused-ring (bicyclic) bond motifs is 1. The van der Waals surface area contributed by atoms with Gasteiger partial charge in [0.25, 0.3) is 0 Å². The molecular weight excluding hydrogens is 578 g/mol. The van der Waals surface area contributed by atoms with E-state index in [1.54, 1.807) is 0 Å². The highest BCUT2D eigenvalue weighted by molar-refractivity contribution is 5.88. The first-order valence-corrected chi connectivity index (χ1v) is 14.8. The quantitative estimate of drug-likeness (QED) is 0.186. The number of carbonyl (C=O) groups is 3. The maximum Gasteiger partial charge on any atom is 0.303 e. The van der Waals surface area contributed by atoms with Crippen molar-refractivity contribution in [3.63, 3.8) is 0 Å². The van der Waals surface area contributed by atoms with Gasteiger partial charge in [0.15, 0.2) is 6.10 Å². The van der Waals surface area contributed by atoms with Gasteiger partial charge in [0.05, 0.1) is 5.52 Å². The number of carbonyl (C=O) groups excluding carboxylic acids is 3. The number of hydrogen-bond donors (Lipinski definition) is 1. The molecule has 0 radical (unpaired) electrons. The first kappa shape index (κ1) is 31.7. The van der Waals surface area contributed by atoms with Crippen LogP contribution in [0.4, 0.5) is 0 Å². The molecular formula is C35H37NO9. The third kappa shape index (κ3) is 7.53. The summed E-state index contributed by atoms with van der Waals surface area (Å²) >= 11 is 0. The third-order valence-electron chi connectivity index (χ3n) is 7.71. The summed E-state index contributed by atoms with van der Waals surface area (Å²) in [7, 11) is 0. The molecule has 0 spiro atoms. The maximum atomic E-state index is 12.1. The average molecular weight is 616 g/mol. The lowest BCUT2D eigenvalue weighted by Gasteiger charge is -2.40. The fourth-order valence-corrected chi connectivity index (χ4v) is 5.73. The van der Waals surface area contributed by atoms with Gasteiger partial charge in [-0.15, -0.1) is 0 Å². The van der Waals surface area contributed by atoms with E-state index in [1.165, 1.54) is 20.8 Å². The van der Waals surface area contributed by atoms with Crippen molar-refractivity contribution >= 4 is 28.8 Å². The van der Waals surface area contributed by atoms with Crippen molar-refractivity contribution in [2.24, 2.45) is 0 Å². The Morgan fingerprint density at radius 3 is 2.29 bits per heavy atom. The Hall–Kier alpha value is -4.67. The molecule has 1 N–H and O–H groups in total. The first-order valence-electron chi connectivity index (χ1n) is 14.8. The van der Waals surface area contributed by atoms with E-state index in [4.69, 9.17) is 23.7 Å². The van der Waals surface area contributed by atoms with E-state index in [0.717, 1.165) is 22.0 Å². The Bertz CT molecular complexity index is 1650. The van der Waals surface area contributed by atoms with Gasteiger partial charge >= 0.3 is 17.9 Å². The van der Waals surface area contributed by atoms with Crippen LogP contribution in [-0.4, -0.2) is 52.5 Å². The molecule has 236 valence electrons. The van der Waals surface area contributed by atoms with Crippen molar-refractivity contribution in [1.82, 2.24) is 4.57 Å². The van der Waals surface area contributed by atoms with Gasteiger partial charge < -0.3 is 33.4 Å². The summed E-state index contributed by atoms with van der Waals surface area (Å²) in [6, 6.07) is 23.0. The van der Waals surface area contributed by atoms with Crippen LogP contribution < -0.4 is 4.74 Å². The van der Waals surface area contributed by atoms with Gasteiger partial charge in [-0.3, -0.25) is 14.4 Å². The third-order valence-corrected chi connectivity index (χ3v) is 7.71. The number of aliphatic hydroxyl groups excluding tert-OH is 1. The van der Waals surface area contributed by atoms with E-state index in [0.29, 0.717) is 23.5 Å².